The molecule has 0 bridgehead atoms. The van der Waals surface area contributed by atoms with Crippen molar-refractivity contribution >= 4 is 12.2 Å². The van der Waals surface area contributed by atoms with Crippen LogP contribution in [0.3, 0.4) is 0 Å². The summed E-state index contributed by atoms with van der Waals surface area (Å²) in [5.41, 5.74) is 3.11. The van der Waals surface area contributed by atoms with Gasteiger partial charge in [-0.3, -0.25) is 0 Å². The van der Waals surface area contributed by atoms with E-state index in [1.807, 2.05) is 13.0 Å². The van der Waals surface area contributed by atoms with E-state index in [1.165, 1.54) is 0 Å². The standard InChI is InChI=1S/C11H12N2OS/c1-3-9-7(2)12-10(13-11(9)15)8-4-5-14-6-8/h4-6H,3H2,1-2H3,(H,12,13,15). The van der Waals surface area contributed by atoms with Crippen molar-refractivity contribution in [2.24, 2.45) is 0 Å². The maximum atomic E-state index is 5.24. The molecule has 0 saturated heterocycles. The van der Waals surface area contributed by atoms with Gasteiger partial charge in [0.25, 0.3) is 0 Å². The van der Waals surface area contributed by atoms with Crippen molar-refractivity contribution in [1.29, 1.82) is 0 Å². The normalized spacial score (nSPS) is 10.5. The van der Waals surface area contributed by atoms with Crippen LogP contribution in [0.2, 0.25) is 0 Å². The highest BCUT2D eigenvalue weighted by atomic mass is 32.1. The minimum absolute atomic E-state index is 0.671. The van der Waals surface area contributed by atoms with Gasteiger partial charge in [0.15, 0.2) is 0 Å². The van der Waals surface area contributed by atoms with E-state index in [9.17, 15) is 0 Å². The Morgan fingerprint density at radius 1 is 1.53 bits per heavy atom. The van der Waals surface area contributed by atoms with E-state index in [4.69, 9.17) is 16.6 Å². The zero-order valence-electron chi connectivity index (χ0n) is 8.70. The van der Waals surface area contributed by atoms with Crippen molar-refractivity contribution in [2.75, 3.05) is 0 Å². The van der Waals surface area contributed by atoms with Crippen LogP contribution in [0, 0.1) is 11.6 Å². The van der Waals surface area contributed by atoms with Crippen molar-refractivity contribution in [3.8, 4) is 11.4 Å². The summed E-state index contributed by atoms with van der Waals surface area (Å²) in [6.07, 6.45) is 4.18. The molecule has 0 saturated carbocycles. The molecule has 0 radical (unpaired) electrons. The van der Waals surface area contributed by atoms with Crippen LogP contribution >= 0.6 is 12.2 Å². The number of aromatic nitrogens is 2. The van der Waals surface area contributed by atoms with Gasteiger partial charge in [0, 0.05) is 11.3 Å². The first-order valence-corrected chi connectivity index (χ1v) is 5.25. The van der Waals surface area contributed by atoms with E-state index in [1.54, 1.807) is 12.5 Å². The molecule has 0 unspecified atom stereocenters. The number of hydrogen-bond donors (Lipinski definition) is 1. The SMILES string of the molecule is CCc1c(C)[nH]c(-c2ccoc2)nc1=S. The molecule has 2 rings (SSSR count). The molecule has 0 aliphatic heterocycles. The van der Waals surface area contributed by atoms with Crippen molar-refractivity contribution in [3.05, 3.63) is 34.5 Å². The lowest BCUT2D eigenvalue weighted by atomic mass is 10.2. The molecule has 0 amide bonds. The fourth-order valence-corrected chi connectivity index (χ4v) is 1.95. The minimum Gasteiger partial charge on any atom is -0.472 e. The number of hydrogen-bond acceptors (Lipinski definition) is 3. The largest absolute Gasteiger partial charge is 0.472 e. The number of H-pyrrole nitrogens is 1. The van der Waals surface area contributed by atoms with Crippen molar-refractivity contribution in [2.45, 2.75) is 20.3 Å². The zero-order chi connectivity index (χ0) is 10.8. The Labute approximate surface area is 93.2 Å². The summed E-state index contributed by atoms with van der Waals surface area (Å²) in [7, 11) is 0. The van der Waals surface area contributed by atoms with Crippen LogP contribution in [0.5, 0.6) is 0 Å². The minimum atomic E-state index is 0.671. The van der Waals surface area contributed by atoms with Crippen LogP contribution in [0.25, 0.3) is 11.4 Å². The Kier molecular flexibility index (Phi) is 2.68. The molecular formula is C11H12N2OS. The van der Waals surface area contributed by atoms with Crippen LogP contribution < -0.4 is 0 Å². The quantitative estimate of drug-likeness (QED) is 0.790. The monoisotopic (exact) mass is 220 g/mol. The van der Waals surface area contributed by atoms with Crippen molar-refractivity contribution in [1.82, 2.24) is 9.97 Å². The fourth-order valence-electron chi connectivity index (χ4n) is 1.56. The second-order valence-electron chi connectivity index (χ2n) is 3.36. The predicted molar refractivity (Wildman–Crippen MR) is 61.2 cm³/mol. The van der Waals surface area contributed by atoms with Crippen molar-refractivity contribution < 1.29 is 4.42 Å². The second-order valence-corrected chi connectivity index (χ2v) is 3.75. The summed E-state index contributed by atoms with van der Waals surface area (Å²) in [6.45, 7) is 4.09. The molecular weight excluding hydrogens is 208 g/mol. The maximum Gasteiger partial charge on any atom is 0.142 e. The van der Waals surface area contributed by atoms with Gasteiger partial charge in [-0.15, -0.1) is 0 Å². The lowest BCUT2D eigenvalue weighted by Crippen LogP contribution is -1.98. The molecule has 0 aliphatic rings. The molecule has 2 aromatic rings. The van der Waals surface area contributed by atoms with E-state index >= 15 is 0 Å². The second kappa shape index (κ2) is 3.98. The highest BCUT2D eigenvalue weighted by molar-refractivity contribution is 7.71. The Morgan fingerprint density at radius 2 is 2.33 bits per heavy atom. The number of rotatable bonds is 2. The zero-order valence-corrected chi connectivity index (χ0v) is 9.52. The Morgan fingerprint density at radius 3 is 2.87 bits per heavy atom. The number of aryl methyl sites for hydroxylation is 1. The van der Waals surface area contributed by atoms with Gasteiger partial charge in [-0.2, -0.15) is 0 Å². The summed E-state index contributed by atoms with van der Waals surface area (Å²) in [4.78, 5) is 7.58. The van der Waals surface area contributed by atoms with Crippen LogP contribution in [-0.2, 0) is 6.42 Å². The summed E-state index contributed by atoms with van der Waals surface area (Å²) < 4.78 is 5.68. The molecule has 15 heavy (non-hydrogen) atoms. The van der Waals surface area contributed by atoms with E-state index < -0.39 is 0 Å². The molecule has 0 atom stereocenters. The van der Waals surface area contributed by atoms with Gasteiger partial charge in [0.2, 0.25) is 0 Å². The molecule has 0 aliphatic carbocycles. The summed E-state index contributed by atoms with van der Waals surface area (Å²) in [5.74, 6) is 0.767. The topological polar surface area (TPSA) is 41.8 Å². The predicted octanol–water partition coefficient (Wildman–Crippen LogP) is 3.27. The summed E-state index contributed by atoms with van der Waals surface area (Å²) >= 11 is 5.24. The highest BCUT2D eigenvalue weighted by Crippen LogP contribution is 2.17. The van der Waals surface area contributed by atoms with Gasteiger partial charge in [-0.1, -0.05) is 19.1 Å². The Balaban J connectivity index is 2.58. The summed E-state index contributed by atoms with van der Waals surface area (Å²) in [5, 5.41) is 0. The van der Waals surface area contributed by atoms with Gasteiger partial charge >= 0.3 is 0 Å². The van der Waals surface area contributed by atoms with Crippen LogP contribution in [-0.4, -0.2) is 9.97 Å². The molecule has 1 N–H and O–H groups in total. The van der Waals surface area contributed by atoms with E-state index in [2.05, 4.69) is 16.9 Å². The molecule has 4 heteroatoms. The van der Waals surface area contributed by atoms with Gasteiger partial charge in [0.1, 0.15) is 16.7 Å². The lowest BCUT2D eigenvalue weighted by molar-refractivity contribution is 0.568. The summed E-state index contributed by atoms with van der Waals surface area (Å²) in [6, 6.07) is 1.86. The van der Waals surface area contributed by atoms with Gasteiger partial charge in [-0.05, 0) is 19.4 Å². The van der Waals surface area contributed by atoms with Gasteiger partial charge < -0.3 is 9.40 Å². The molecule has 3 nitrogen and oxygen atoms in total. The third-order valence-corrected chi connectivity index (χ3v) is 2.72. The average Bonchev–Trinajstić information content (AvgIpc) is 2.69. The van der Waals surface area contributed by atoms with E-state index in [0.717, 1.165) is 29.1 Å². The number of aromatic amines is 1. The number of nitrogens with zero attached hydrogens (tertiary/aromatic N) is 1. The first-order valence-electron chi connectivity index (χ1n) is 4.84. The third-order valence-electron chi connectivity index (χ3n) is 2.38. The molecule has 0 spiro atoms. The average molecular weight is 220 g/mol. The number of nitrogens with one attached hydrogen (secondary N) is 1. The van der Waals surface area contributed by atoms with E-state index in [-0.39, 0.29) is 0 Å². The fraction of sp³-hybridized carbons (Fsp3) is 0.273. The molecule has 2 heterocycles. The van der Waals surface area contributed by atoms with Crippen LogP contribution in [0.4, 0.5) is 0 Å². The van der Waals surface area contributed by atoms with Crippen molar-refractivity contribution in [3.63, 3.8) is 0 Å². The number of furan rings is 1. The molecule has 2 aromatic heterocycles. The molecule has 78 valence electrons. The van der Waals surface area contributed by atoms with Gasteiger partial charge in [0.05, 0.1) is 11.8 Å². The highest BCUT2D eigenvalue weighted by Gasteiger charge is 2.06. The first-order chi connectivity index (χ1) is 7.22. The first kappa shape index (κ1) is 10.1. The Bertz CT molecular complexity index is 514. The molecule has 0 aromatic carbocycles. The van der Waals surface area contributed by atoms with Crippen LogP contribution in [0.15, 0.2) is 23.0 Å². The van der Waals surface area contributed by atoms with E-state index in [0.29, 0.717) is 4.64 Å². The molecule has 0 fully saturated rings. The Hall–Kier alpha value is -1.42. The van der Waals surface area contributed by atoms with Gasteiger partial charge in [-0.25, -0.2) is 4.98 Å². The maximum absolute atomic E-state index is 5.24. The lowest BCUT2D eigenvalue weighted by Gasteiger charge is -2.05. The third kappa shape index (κ3) is 1.85. The smallest absolute Gasteiger partial charge is 0.142 e. The van der Waals surface area contributed by atoms with Crippen LogP contribution in [0.1, 0.15) is 18.2 Å².